The first kappa shape index (κ1) is 12.2. The van der Waals surface area contributed by atoms with Crippen LogP contribution < -0.4 is 9.64 Å². The van der Waals surface area contributed by atoms with Gasteiger partial charge >= 0.3 is 0 Å². The Hall–Kier alpha value is -1.88. The van der Waals surface area contributed by atoms with Crippen molar-refractivity contribution < 1.29 is 9.84 Å². The van der Waals surface area contributed by atoms with Crippen molar-refractivity contribution in [2.24, 2.45) is 0 Å². The Kier molecular flexibility index (Phi) is 3.21. The molecule has 1 aromatic heterocycles. The van der Waals surface area contributed by atoms with E-state index in [1.165, 1.54) is 0 Å². The molecule has 100 valence electrons. The lowest BCUT2D eigenvalue weighted by Crippen LogP contribution is -2.23. The van der Waals surface area contributed by atoms with Crippen molar-refractivity contribution in [3.63, 3.8) is 0 Å². The fourth-order valence-corrected chi connectivity index (χ4v) is 2.35. The lowest BCUT2D eigenvalue weighted by Gasteiger charge is -2.19. The van der Waals surface area contributed by atoms with E-state index in [1.54, 1.807) is 0 Å². The maximum absolute atomic E-state index is 9.66. The van der Waals surface area contributed by atoms with Gasteiger partial charge in [-0.25, -0.2) is 9.97 Å². The molecule has 0 aliphatic carbocycles. The van der Waals surface area contributed by atoms with Gasteiger partial charge in [-0.15, -0.1) is 0 Å². The molecule has 0 amide bonds. The standard InChI is InChI=1S/C14H17N3O2/c1-2-19-14-13(17-8-7-10(18)9-17)15-11-5-3-4-6-12(11)16-14/h3-6,10,18H,2,7-9H2,1H3/t10-/m0/s1. The summed E-state index contributed by atoms with van der Waals surface area (Å²) in [5, 5.41) is 9.66. The SMILES string of the molecule is CCOc1nc2ccccc2nc1N1CC[C@H](O)C1. The van der Waals surface area contributed by atoms with E-state index in [4.69, 9.17) is 4.74 Å². The van der Waals surface area contributed by atoms with Crippen LogP contribution in [0.25, 0.3) is 11.0 Å². The first-order chi connectivity index (χ1) is 9.28. The summed E-state index contributed by atoms with van der Waals surface area (Å²) in [5.74, 6) is 1.28. The summed E-state index contributed by atoms with van der Waals surface area (Å²) in [7, 11) is 0. The second-order valence-electron chi connectivity index (χ2n) is 4.66. The topological polar surface area (TPSA) is 58.5 Å². The Morgan fingerprint density at radius 2 is 2.05 bits per heavy atom. The summed E-state index contributed by atoms with van der Waals surface area (Å²) in [6, 6.07) is 7.74. The number of β-amino-alcohol motifs (C(OH)–C–C–N with tert-alkyl or cyclic N) is 1. The van der Waals surface area contributed by atoms with E-state index < -0.39 is 0 Å². The molecule has 1 aliphatic rings. The van der Waals surface area contributed by atoms with Crippen LogP contribution in [-0.4, -0.2) is 40.9 Å². The molecular weight excluding hydrogens is 242 g/mol. The molecule has 0 unspecified atom stereocenters. The zero-order chi connectivity index (χ0) is 13.2. The average molecular weight is 259 g/mol. The van der Waals surface area contributed by atoms with Crippen LogP contribution in [0.15, 0.2) is 24.3 Å². The Morgan fingerprint density at radius 3 is 2.68 bits per heavy atom. The quantitative estimate of drug-likeness (QED) is 0.907. The van der Waals surface area contributed by atoms with Crippen LogP contribution in [0.4, 0.5) is 5.82 Å². The van der Waals surface area contributed by atoms with Crippen molar-refractivity contribution in [3.8, 4) is 5.88 Å². The number of fused-ring (bicyclic) bond motifs is 1. The molecule has 19 heavy (non-hydrogen) atoms. The zero-order valence-electron chi connectivity index (χ0n) is 10.9. The summed E-state index contributed by atoms with van der Waals surface area (Å²) >= 11 is 0. The summed E-state index contributed by atoms with van der Waals surface area (Å²) in [5.41, 5.74) is 1.68. The highest BCUT2D eigenvalue weighted by Gasteiger charge is 2.25. The number of aromatic nitrogens is 2. The van der Waals surface area contributed by atoms with Crippen LogP contribution in [0.5, 0.6) is 5.88 Å². The van der Waals surface area contributed by atoms with Gasteiger partial charge in [0.15, 0.2) is 5.82 Å². The molecule has 2 aromatic rings. The lowest BCUT2D eigenvalue weighted by atomic mass is 10.3. The molecule has 2 heterocycles. The lowest BCUT2D eigenvalue weighted by molar-refractivity contribution is 0.198. The molecule has 0 spiro atoms. The number of para-hydroxylation sites is 2. The highest BCUT2D eigenvalue weighted by atomic mass is 16.5. The molecule has 0 radical (unpaired) electrons. The first-order valence-corrected chi connectivity index (χ1v) is 6.60. The maximum Gasteiger partial charge on any atom is 0.258 e. The minimum absolute atomic E-state index is 0.289. The summed E-state index contributed by atoms with van der Waals surface area (Å²) in [4.78, 5) is 11.2. The summed E-state index contributed by atoms with van der Waals surface area (Å²) < 4.78 is 5.60. The van der Waals surface area contributed by atoms with E-state index in [-0.39, 0.29) is 6.10 Å². The molecule has 1 aromatic carbocycles. The van der Waals surface area contributed by atoms with Crippen LogP contribution in [0, 0.1) is 0 Å². The summed E-state index contributed by atoms with van der Waals surface area (Å²) in [6.07, 6.45) is 0.475. The number of hydrogen-bond donors (Lipinski definition) is 1. The van der Waals surface area contributed by atoms with Crippen LogP contribution in [0.1, 0.15) is 13.3 Å². The number of hydrogen-bond acceptors (Lipinski definition) is 5. The average Bonchev–Trinajstić information content (AvgIpc) is 2.85. The highest BCUT2D eigenvalue weighted by Crippen LogP contribution is 2.29. The van der Waals surface area contributed by atoms with Gasteiger partial charge in [-0.3, -0.25) is 0 Å². The van der Waals surface area contributed by atoms with Crippen LogP contribution in [0.3, 0.4) is 0 Å². The number of aliphatic hydroxyl groups excluding tert-OH is 1. The predicted molar refractivity (Wildman–Crippen MR) is 73.5 cm³/mol. The molecule has 0 bridgehead atoms. The Labute approximate surface area is 111 Å². The van der Waals surface area contributed by atoms with E-state index in [9.17, 15) is 5.11 Å². The van der Waals surface area contributed by atoms with Crippen molar-refractivity contribution in [1.82, 2.24) is 9.97 Å². The summed E-state index contributed by atoms with van der Waals surface area (Å²) in [6.45, 7) is 3.86. The number of benzene rings is 1. The zero-order valence-corrected chi connectivity index (χ0v) is 10.9. The number of rotatable bonds is 3. The van der Waals surface area contributed by atoms with E-state index >= 15 is 0 Å². The van der Waals surface area contributed by atoms with E-state index in [0.717, 1.165) is 29.8 Å². The molecule has 1 atom stereocenters. The molecule has 5 heteroatoms. The van der Waals surface area contributed by atoms with Gasteiger partial charge in [-0.1, -0.05) is 12.1 Å². The maximum atomic E-state index is 9.66. The van der Waals surface area contributed by atoms with Crippen molar-refractivity contribution >= 4 is 16.9 Å². The Balaban J connectivity index is 2.07. The predicted octanol–water partition coefficient (Wildman–Crippen LogP) is 1.60. The second-order valence-corrected chi connectivity index (χ2v) is 4.66. The van der Waals surface area contributed by atoms with Gasteiger partial charge in [0.25, 0.3) is 5.88 Å². The van der Waals surface area contributed by atoms with Crippen molar-refractivity contribution in [2.45, 2.75) is 19.4 Å². The molecule has 0 saturated carbocycles. The third-order valence-electron chi connectivity index (χ3n) is 3.27. The molecule has 1 aliphatic heterocycles. The van der Waals surface area contributed by atoms with Crippen molar-refractivity contribution in [2.75, 3.05) is 24.6 Å². The molecule has 5 nitrogen and oxygen atoms in total. The normalized spacial score (nSPS) is 19.1. The molecular formula is C14H17N3O2. The molecule has 1 fully saturated rings. The molecule has 1 N–H and O–H groups in total. The Bertz CT molecular complexity index is 588. The van der Waals surface area contributed by atoms with Gasteiger partial charge in [0.05, 0.1) is 23.7 Å². The van der Waals surface area contributed by atoms with Crippen LogP contribution in [-0.2, 0) is 0 Å². The number of anilines is 1. The minimum atomic E-state index is -0.289. The minimum Gasteiger partial charge on any atom is -0.475 e. The monoisotopic (exact) mass is 259 g/mol. The fraction of sp³-hybridized carbons (Fsp3) is 0.429. The number of nitrogens with zero attached hydrogens (tertiary/aromatic N) is 3. The van der Waals surface area contributed by atoms with Gasteiger partial charge in [0.2, 0.25) is 0 Å². The second kappa shape index (κ2) is 5.01. The van der Waals surface area contributed by atoms with Gasteiger partial charge in [-0.05, 0) is 25.5 Å². The number of aliphatic hydroxyl groups is 1. The third-order valence-corrected chi connectivity index (χ3v) is 3.27. The first-order valence-electron chi connectivity index (χ1n) is 6.60. The number of ether oxygens (including phenoxy) is 1. The molecule has 1 saturated heterocycles. The largest absolute Gasteiger partial charge is 0.475 e. The van der Waals surface area contributed by atoms with Gasteiger partial charge in [0, 0.05) is 13.1 Å². The van der Waals surface area contributed by atoms with Crippen LogP contribution >= 0.6 is 0 Å². The fourth-order valence-electron chi connectivity index (χ4n) is 2.35. The highest BCUT2D eigenvalue weighted by molar-refractivity contribution is 5.77. The van der Waals surface area contributed by atoms with E-state index in [1.807, 2.05) is 36.1 Å². The van der Waals surface area contributed by atoms with E-state index in [2.05, 4.69) is 9.97 Å². The third kappa shape index (κ3) is 2.33. The Morgan fingerprint density at radius 1 is 1.32 bits per heavy atom. The van der Waals surface area contributed by atoms with Crippen molar-refractivity contribution in [1.29, 1.82) is 0 Å². The van der Waals surface area contributed by atoms with Gasteiger partial charge in [0.1, 0.15) is 0 Å². The molecule has 3 rings (SSSR count). The smallest absolute Gasteiger partial charge is 0.258 e. The van der Waals surface area contributed by atoms with Gasteiger partial charge < -0.3 is 14.7 Å². The van der Waals surface area contributed by atoms with E-state index in [0.29, 0.717) is 19.0 Å². The van der Waals surface area contributed by atoms with Crippen LogP contribution in [0.2, 0.25) is 0 Å². The van der Waals surface area contributed by atoms with Crippen molar-refractivity contribution in [3.05, 3.63) is 24.3 Å². The van der Waals surface area contributed by atoms with Gasteiger partial charge in [-0.2, -0.15) is 0 Å².